The van der Waals surface area contributed by atoms with Crippen molar-refractivity contribution in [1.29, 1.82) is 0 Å². The maximum absolute atomic E-state index is 13.3. The molecule has 0 spiro atoms. The Balaban J connectivity index is 2.06. The minimum atomic E-state index is -0.949. The molecule has 5 nitrogen and oxygen atoms in total. The molecule has 1 N–H and O–H groups in total. The van der Waals surface area contributed by atoms with Crippen molar-refractivity contribution in [2.45, 2.75) is 26.3 Å². The fourth-order valence-corrected chi connectivity index (χ4v) is 3.30. The van der Waals surface area contributed by atoms with Gasteiger partial charge in [0.05, 0.1) is 23.5 Å². The highest BCUT2D eigenvalue weighted by atomic mass is 16.4. The number of hydrogen-bond donors (Lipinski definition) is 1. The molecule has 3 rings (SSSR count). The quantitative estimate of drug-likeness (QED) is 0.740. The second kappa shape index (κ2) is 7.58. The van der Waals surface area contributed by atoms with Gasteiger partial charge in [0.15, 0.2) is 0 Å². The van der Waals surface area contributed by atoms with Gasteiger partial charge in [0.25, 0.3) is 5.91 Å². The number of benzene rings is 2. The lowest BCUT2D eigenvalue weighted by atomic mass is 9.99. The van der Waals surface area contributed by atoms with Crippen LogP contribution >= 0.6 is 0 Å². The number of carboxylic acid groups (broad SMARTS) is 1. The van der Waals surface area contributed by atoms with Crippen LogP contribution < -0.4 is 0 Å². The normalized spacial score (nSPS) is 12.0. The molecule has 0 bridgehead atoms. The van der Waals surface area contributed by atoms with Gasteiger partial charge in [-0.1, -0.05) is 42.0 Å². The first-order valence-corrected chi connectivity index (χ1v) is 8.78. The van der Waals surface area contributed by atoms with Crippen LogP contribution in [0.2, 0.25) is 0 Å². The number of pyridine rings is 1. The van der Waals surface area contributed by atoms with E-state index < -0.39 is 12.0 Å². The van der Waals surface area contributed by atoms with E-state index in [-0.39, 0.29) is 12.3 Å². The van der Waals surface area contributed by atoms with E-state index in [2.05, 4.69) is 4.98 Å². The molecule has 1 atom stereocenters. The van der Waals surface area contributed by atoms with Crippen LogP contribution in [-0.2, 0) is 4.79 Å². The predicted octanol–water partition coefficient (Wildman–Crippen LogP) is 4.14. The van der Waals surface area contributed by atoms with Gasteiger partial charge >= 0.3 is 5.97 Å². The first kappa shape index (κ1) is 18.6. The zero-order chi connectivity index (χ0) is 19.6. The number of carboxylic acids is 1. The van der Waals surface area contributed by atoms with E-state index in [0.29, 0.717) is 5.56 Å². The number of fused-ring (bicyclic) bond motifs is 1. The van der Waals surface area contributed by atoms with E-state index >= 15 is 0 Å². The summed E-state index contributed by atoms with van der Waals surface area (Å²) in [6, 6.07) is 16.3. The molecule has 0 aliphatic heterocycles. The van der Waals surface area contributed by atoms with Crippen molar-refractivity contribution in [3.63, 3.8) is 0 Å². The number of amides is 1. The van der Waals surface area contributed by atoms with E-state index in [4.69, 9.17) is 0 Å². The highest BCUT2D eigenvalue weighted by molar-refractivity contribution is 6.06. The van der Waals surface area contributed by atoms with Crippen LogP contribution in [0, 0.1) is 13.8 Å². The number of aryl methyl sites for hydroxylation is 2. The Labute approximate surface area is 158 Å². The van der Waals surface area contributed by atoms with Gasteiger partial charge in [0.1, 0.15) is 0 Å². The molecule has 0 saturated carbocycles. The maximum atomic E-state index is 13.3. The minimum absolute atomic E-state index is 0.159. The Bertz CT molecular complexity index is 999. The summed E-state index contributed by atoms with van der Waals surface area (Å²) in [6.45, 7) is 3.82. The van der Waals surface area contributed by atoms with E-state index in [1.807, 2.05) is 62.4 Å². The Morgan fingerprint density at radius 2 is 1.78 bits per heavy atom. The van der Waals surface area contributed by atoms with Gasteiger partial charge in [0, 0.05) is 18.1 Å². The second-order valence-corrected chi connectivity index (χ2v) is 6.77. The van der Waals surface area contributed by atoms with Crippen molar-refractivity contribution >= 4 is 22.8 Å². The minimum Gasteiger partial charge on any atom is -0.481 e. The molecule has 0 saturated heterocycles. The molecule has 1 amide bonds. The second-order valence-electron chi connectivity index (χ2n) is 6.77. The van der Waals surface area contributed by atoms with Crippen LogP contribution in [0.25, 0.3) is 10.9 Å². The largest absolute Gasteiger partial charge is 0.481 e. The molecule has 0 radical (unpaired) electrons. The Hall–Kier alpha value is -3.21. The summed E-state index contributed by atoms with van der Waals surface area (Å²) in [6.07, 6.45) is -0.159. The summed E-state index contributed by atoms with van der Waals surface area (Å²) >= 11 is 0. The van der Waals surface area contributed by atoms with Crippen molar-refractivity contribution in [3.8, 4) is 0 Å². The SMILES string of the molecule is Cc1ccc2nc(C)cc(C(=O)N(C)[C@@H](CC(=O)O)c3ccccc3)c2c1. The molecule has 0 aliphatic rings. The number of aliphatic carboxylic acids is 1. The monoisotopic (exact) mass is 362 g/mol. The van der Waals surface area contributed by atoms with E-state index in [0.717, 1.165) is 27.7 Å². The highest BCUT2D eigenvalue weighted by Gasteiger charge is 2.26. The fourth-order valence-electron chi connectivity index (χ4n) is 3.30. The van der Waals surface area contributed by atoms with Gasteiger partial charge in [-0.05, 0) is 37.6 Å². The van der Waals surface area contributed by atoms with Gasteiger partial charge in [0.2, 0.25) is 0 Å². The molecule has 1 aromatic heterocycles. The Morgan fingerprint density at radius 1 is 1.07 bits per heavy atom. The molecule has 27 heavy (non-hydrogen) atoms. The van der Waals surface area contributed by atoms with Crippen LogP contribution in [0.15, 0.2) is 54.6 Å². The summed E-state index contributed by atoms with van der Waals surface area (Å²) in [7, 11) is 1.65. The van der Waals surface area contributed by atoms with Crippen molar-refractivity contribution < 1.29 is 14.7 Å². The summed E-state index contributed by atoms with van der Waals surface area (Å²) in [5.41, 5.74) is 3.87. The number of carbonyl (C=O) groups excluding carboxylic acids is 1. The lowest BCUT2D eigenvalue weighted by Gasteiger charge is -2.28. The zero-order valence-electron chi connectivity index (χ0n) is 15.6. The van der Waals surface area contributed by atoms with Gasteiger partial charge in [-0.3, -0.25) is 14.6 Å². The Kier molecular flexibility index (Phi) is 5.21. The molecule has 3 aromatic rings. The number of hydrogen-bond acceptors (Lipinski definition) is 3. The van der Waals surface area contributed by atoms with Crippen molar-refractivity contribution in [2.24, 2.45) is 0 Å². The molecule has 2 aromatic carbocycles. The van der Waals surface area contributed by atoms with E-state index in [1.165, 1.54) is 4.90 Å². The summed E-state index contributed by atoms with van der Waals surface area (Å²) in [5, 5.41) is 10.1. The van der Waals surface area contributed by atoms with Gasteiger partial charge in [-0.2, -0.15) is 0 Å². The number of rotatable bonds is 5. The van der Waals surface area contributed by atoms with Gasteiger partial charge in [-0.15, -0.1) is 0 Å². The van der Waals surface area contributed by atoms with Crippen LogP contribution in [-0.4, -0.2) is 33.9 Å². The van der Waals surface area contributed by atoms with Crippen molar-refractivity contribution in [1.82, 2.24) is 9.88 Å². The summed E-state index contributed by atoms with van der Waals surface area (Å²) in [5.74, 6) is -1.17. The lowest BCUT2D eigenvalue weighted by Crippen LogP contribution is -2.33. The topological polar surface area (TPSA) is 70.5 Å². The van der Waals surface area contributed by atoms with E-state index in [1.54, 1.807) is 13.1 Å². The van der Waals surface area contributed by atoms with Gasteiger partial charge < -0.3 is 10.0 Å². The maximum Gasteiger partial charge on any atom is 0.305 e. The molecule has 0 fully saturated rings. The molecular formula is C22H22N2O3. The zero-order valence-corrected chi connectivity index (χ0v) is 15.6. The van der Waals surface area contributed by atoms with Crippen LogP contribution in [0.5, 0.6) is 0 Å². The third-order valence-electron chi connectivity index (χ3n) is 4.66. The van der Waals surface area contributed by atoms with Crippen molar-refractivity contribution in [2.75, 3.05) is 7.05 Å². The number of aromatic nitrogens is 1. The van der Waals surface area contributed by atoms with Crippen LogP contribution in [0.4, 0.5) is 0 Å². The molecule has 1 heterocycles. The van der Waals surface area contributed by atoms with Crippen LogP contribution in [0.1, 0.15) is 39.6 Å². The van der Waals surface area contributed by atoms with E-state index in [9.17, 15) is 14.7 Å². The van der Waals surface area contributed by atoms with Crippen molar-refractivity contribution in [3.05, 3.63) is 77.0 Å². The van der Waals surface area contributed by atoms with Crippen LogP contribution in [0.3, 0.4) is 0 Å². The Morgan fingerprint density at radius 3 is 2.44 bits per heavy atom. The number of nitrogens with zero attached hydrogens (tertiary/aromatic N) is 2. The first-order valence-electron chi connectivity index (χ1n) is 8.78. The molecule has 5 heteroatoms. The first-order chi connectivity index (χ1) is 12.9. The number of carbonyl (C=O) groups is 2. The molecule has 138 valence electrons. The predicted molar refractivity (Wildman–Crippen MR) is 105 cm³/mol. The summed E-state index contributed by atoms with van der Waals surface area (Å²) in [4.78, 5) is 30.8. The fraction of sp³-hybridized carbons (Fsp3) is 0.227. The summed E-state index contributed by atoms with van der Waals surface area (Å²) < 4.78 is 0. The average Bonchev–Trinajstić information content (AvgIpc) is 2.65. The highest BCUT2D eigenvalue weighted by Crippen LogP contribution is 2.27. The average molecular weight is 362 g/mol. The molecular weight excluding hydrogens is 340 g/mol. The third kappa shape index (κ3) is 3.97. The smallest absolute Gasteiger partial charge is 0.305 e. The third-order valence-corrected chi connectivity index (χ3v) is 4.66. The molecule has 0 aliphatic carbocycles. The lowest BCUT2D eigenvalue weighted by molar-refractivity contribution is -0.138. The molecule has 0 unspecified atom stereocenters. The van der Waals surface area contributed by atoms with Gasteiger partial charge in [-0.25, -0.2) is 0 Å². The standard InChI is InChI=1S/C22H22N2O3/c1-14-9-10-19-17(11-14)18(12-15(2)23-19)22(27)24(3)20(13-21(25)26)16-7-5-4-6-8-16/h4-12,20H,13H2,1-3H3,(H,25,26)/t20-/m0/s1.